The summed E-state index contributed by atoms with van der Waals surface area (Å²) in [5.74, 6) is -0.902. The second kappa shape index (κ2) is 3.40. The van der Waals surface area contributed by atoms with Crippen molar-refractivity contribution in [2.24, 2.45) is 0 Å². The average Bonchev–Trinajstić information content (AvgIpc) is 2.48. The minimum atomic E-state index is -0.902. The van der Waals surface area contributed by atoms with E-state index >= 15 is 0 Å². The van der Waals surface area contributed by atoms with Gasteiger partial charge in [0.2, 0.25) is 0 Å². The minimum Gasteiger partial charge on any atom is -0.480 e. The summed E-state index contributed by atoms with van der Waals surface area (Å²) in [4.78, 5) is 10.8. The maximum Gasteiger partial charge on any atom is 0.328 e. The highest BCUT2D eigenvalue weighted by atomic mass is 16.4. The summed E-state index contributed by atoms with van der Waals surface area (Å²) in [6.07, 6.45) is 1.61. The van der Waals surface area contributed by atoms with Crippen LogP contribution in [0, 0.1) is 0 Å². The molecule has 0 aliphatic rings. The van der Waals surface area contributed by atoms with Crippen LogP contribution in [0.25, 0.3) is 0 Å². The van der Waals surface area contributed by atoms with Crippen LogP contribution in [0.4, 0.5) is 0 Å². The number of carboxylic acid groups (broad SMARTS) is 1. The van der Waals surface area contributed by atoms with Crippen LogP contribution >= 0.6 is 0 Å². The Hall–Kier alpha value is -1.39. The van der Waals surface area contributed by atoms with Crippen molar-refractivity contribution in [3.63, 3.8) is 0 Å². The van der Waals surface area contributed by atoms with Crippen molar-refractivity contribution in [1.29, 1.82) is 0 Å². The summed E-state index contributed by atoms with van der Waals surface area (Å²) in [6.45, 7) is 7.58. The summed E-state index contributed by atoms with van der Waals surface area (Å²) < 4.78 is 1.45. The number of hydrogen-bond acceptors (Lipinski definition) is 3. The lowest BCUT2D eigenvalue weighted by atomic mass is 9.92. The third-order valence-electron chi connectivity index (χ3n) is 2.07. The first-order valence-electron chi connectivity index (χ1n) is 4.47. The second-order valence-electron chi connectivity index (χ2n) is 4.33. The molecule has 0 radical (unpaired) electrons. The van der Waals surface area contributed by atoms with Crippen LogP contribution in [0.1, 0.15) is 39.4 Å². The first-order chi connectivity index (χ1) is 6.34. The molecule has 1 aromatic rings. The van der Waals surface area contributed by atoms with E-state index < -0.39 is 12.0 Å². The minimum absolute atomic E-state index is 0.146. The zero-order valence-corrected chi connectivity index (χ0v) is 8.85. The number of aliphatic carboxylic acids is 1. The van der Waals surface area contributed by atoms with E-state index in [1.54, 1.807) is 13.1 Å². The zero-order chi connectivity index (χ0) is 10.9. The van der Waals surface area contributed by atoms with Crippen LogP contribution in [-0.2, 0) is 10.2 Å². The lowest BCUT2D eigenvalue weighted by Gasteiger charge is -2.20. The summed E-state index contributed by atoms with van der Waals surface area (Å²) in [5, 5.41) is 16.4. The molecule has 1 N–H and O–H groups in total. The van der Waals surface area contributed by atoms with Crippen molar-refractivity contribution in [2.45, 2.75) is 39.2 Å². The average molecular weight is 197 g/mol. The van der Waals surface area contributed by atoms with E-state index in [9.17, 15) is 4.79 Å². The predicted molar refractivity (Wildman–Crippen MR) is 51.1 cm³/mol. The molecule has 0 fully saturated rings. The van der Waals surface area contributed by atoms with Gasteiger partial charge >= 0.3 is 5.97 Å². The molecule has 5 heteroatoms. The quantitative estimate of drug-likeness (QED) is 0.774. The molecule has 0 aromatic carbocycles. The molecule has 5 nitrogen and oxygen atoms in total. The first-order valence-corrected chi connectivity index (χ1v) is 4.47. The van der Waals surface area contributed by atoms with E-state index in [0.717, 1.165) is 5.69 Å². The van der Waals surface area contributed by atoms with E-state index in [1.165, 1.54) is 4.68 Å². The Balaban J connectivity index is 3.11. The van der Waals surface area contributed by atoms with Gasteiger partial charge in [-0.25, -0.2) is 9.48 Å². The van der Waals surface area contributed by atoms with Gasteiger partial charge in [-0.1, -0.05) is 26.0 Å². The highest BCUT2D eigenvalue weighted by Gasteiger charge is 2.25. The van der Waals surface area contributed by atoms with Gasteiger partial charge in [-0.05, 0) is 6.92 Å². The topological polar surface area (TPSA) is 68.0 Å². The van der Waals surface area contributed by atoms with Crippen molar-refractivity contribution >= 4 is 5.97 Å². The highest BCUT2D eigenvalue weighted by molar-refractivity contribution is 5.71. The molecule has 0 spiro atoms. The van der Waals surface area contributed by atoms with Crippen molar-refractivity contribution < 1.29 is 9.90 Å². The third-order valence-corrected chi connectivity index (χ3v) is 2.07. The zero-order valence-electron chi connectivity index (χ0n) is 8.85. The van der Waals surface area contributed by atoms with E-state index in [2.05, 4.69) is 10.3 Å². The SMILES string of the molecule is CC(C(=O)O)n1nncc1C(C)(C)C. The van der Waals surface area contributed by atoms with Gasteiger partial charge < -0.3 is 5.11 Å². The van der Waals surface area contributed by atoms with Crippen molar-refractivity contribution in [3.8, 4) is 0 Å². The normalized spacial score (nSPS) is 14.0. The van der Waals surface area contributed by atoms with E-state index in [1.807, 2.05) is 20.8 Å². The molecule has 1 rings (SSSR count). The molecule has 1 unspecified atom stereocenters. The van der Waals surface area contributed by atoms with Gasteiger partial charge in [-0.3, -0.25) is 0 Å². The number of carboxylic acids is 1. The molecule has 1 heterocycles. The molecule has 0 saturated carbocycles. The standard InChI is InChI=1S/C9H15N3O2/c1-6(8(13)14)12-7(5-10-11-12)9(2,3)4/h5-6H,1-4H3,(H,13,14). The van der Waals surface area contributed by atoms with Crippen LogP contribution in [0.15, 0.2) is 6.20 Å². The molecule has 0 amide bonds. The Kier molecular flexibility index (Phi) is 2.59. The smallest absolute Gasteiger partial charge is 0.328 e. The molecule has 78 valence electrons. The Labute approximate surface area is 82.7 Å². The van der Waals surface area contributed by atoms with Crippen LogP contribution in [0.2, 0.25) is 0 Å². The van der Waals surface area contributed by atoms with Crippen LogP contribution in [-0.4, -0.2) is 26.1 Å². The number of aromatic nitrogens is 3. The monoisotopic (exact) mass is 197 g/mol. The van der Waals surface area contributed by atoms with Gasteiger partial charge in [0.1, 0.15) is 6.04 Å². The summed E-state index contributed by atoms with van der Waals surface area (Å²) in [7, 11) is 0. The number of rotatable bonds is 2. The number of nitrogens with zero attached hydrogens (tertiary/aromatic N) is 3. The fraction of sp³-hybridized carbons (Fsp3) is 0.667. The fourth-order valence-corrected chi connectivity index (χ4v) is 1.17. The van der Waals surface area contributed by atoms with Gasteiger partial charge in [-0.2, -0.15) is 0 Å². The largest absolute Gasteiger partial charge is 0.480 e. The van der Waals surface area contributed by atoms with Crippen molar-refractivity contribution in [2.75, 3.05) is 0 Å². The summed E-state index contributed by atoms with van der Waals surface area (Å²) in [6, 6.07) is -0.674. The Morgan fingerprint density at radius 3 is 2.57 bits per heavy atom. The molecule has 0 aliphatic heterocycles. The van der Waals surface area contributed by atoms with E-state index in [-0.39, 0.29) is 5.41 Å². The Morgan fingerprint density at radius 1 is 1.57 bits per heavy atom. The van der Waals surface area contributed by atoms with Crippen LogP contribution < -0.4 is 0 Å². The first kappa shape index (κ1) is 10.7. The Bertz CT molecular complexity index is 338. The fourth-order valence-electron chi connectivity index (χ4n) is 1.17. The van der Waals surface area contributed by atoms with Crippen LogP contribution in [0.3, 0.4) is 0 Å². The number of hydrogen-bond donors (Lipinski definition) is 1. The van der Waals surface area contributed by atoms with E-state index in [0.29, 0.717) is 0 Å². The molecule has 1 atom stereocenters. The van der Waals surface area contributed by atoms with Gasteiger partial charge in [0.25, 0.3) is 0 Å². The van der Waals surface area contributed by atoms with Gasteiger partial charge in [0.05, 0.1) is 11.9 Å². The molecular weight excluding hydrogens is 182 g/mol. The summed E-state index contributed by atoms with van der Waals surface area (Å²) in [5.41, 5.74) is 0.681. The van der Waals surface area contributed by atoms with Crippen molar-refractivity contribution in [3.05, 3.63) is 11.9 Å². The van der Waals surface area contributed by atoms with E-state index in [4.69, 9.17) is 5.11 Å². The molecule has 0 aliphatic carbocycles. The molecule has 1 aromatic heterocycles. The molecular formula is C9H15N3O2. The maximum atomic E-state index is 10.8. The molecule has 14 heavy (non-hydrogen) atoms. The third kappa shape index (κ3) is 1.92. The molecule has 0 saturated heterocycles. The molecule has 0 bridgehead atoms. The maximum absolute atomic E-state index is 10.8. The predicted octanol–water partition coefficient (Wildman–Crippen LogP) is 1.22. The lowest BCUT2D eigenvalue weighted by molar-refractivity contribution is -0.140. The van der Waals surface area contributed by atoms with Gasteiger partial charge in [0.15, 0.2) is 0 Å². The highest BCUT2D eigenvalue weighted by Crippen LogP contribution is 2.23. The van der Waals surface area contributed by atoms with Gasteiger partial charge in [0, 0.05) is 5.41 Å². The number of carbonyl (C=O) groups is 1. The van der Waals surface area contributed by atoms with Gasteiger partial charge in [-0.15, -0.1) is 5.10 Å². The lowest BCUT2D eigenvalue weighted by Crippen LogP contribution is -2.24. The Morgan fingerprint density at radius 2 is 2.14 bits per heavy atom. The van der Waals surface area contributed by atoms with Crippen molar-refractivity contribution in [1.82, 2.24) is 15.0 Å². The van der Waals surface area contributed by atoms with Crippen LogP contribution in [0.5, 0.6) is 0 Å². The second-order valence-corrected chi connectivity index (χ2v) is 4.33. The summed E-state index contributed by atoms with van der Waals surface area (Å²) >= 11 is 0.